The van der Waals surface area contributed by atoms with E-state index in [1.165, 1.54) is 23.5 Å². The number of hydrogen-bond acceptors (Lipinski definition) is 3. The van der Waals surface area contributed by atoms with Gasteiger partial charge in [0.25, 0.3) is 0 Å². The van der Waals surface area contributed by atoms with Crippen LogP contribution in [-0.2, 0) is 0 Å². The Kier molecular flexibility index (Phi) is 3.86. The van der Waals surface area contributed by atoms with Crippen LogP contribution in [0, 0.1) is 5.82 Å². The number of nitrogens with one attached hydrogen (secondary N) is 1. The molecule has 0 fully saturated rings. The van der Waals surface area contributed by atoms with E-state index in [4.69, 9.17) is 23.2 Å². The van der Waals surface area contributed by atoms with Gasteiger partial charge < -0.3 is 5.32 Å². The Hall–Kier alpha value is -0.880. The fraction of sp³-hybridized carbons (Fsp3) is 0. The third-order valence-corrected chi connectivity index (χ3v) is 4.63. The van der Waals surface area contributed by atoms with Crippen molar-refractivity contribution in [3.05, 3.63) is 50.7 Å². The molecule has 0 atom stereocenters. The van der Waals surface area contributed by atoms with Gasteiger partial charge >= 0.3 is 0 Å². The molecule has 0 radical (unpaired) electrons. The zero-order valence-electron chi connectivity index (χ0n) is 9.75. The molecule has 0 amide bonds. The summed E-state index contributed by atoms with van der Waals surface area (Å²) >= 11 is 16.9. The maximum atomic E-state index is 13.1. The second-order valence-electron chi connectivity index (χ2n) is 4.00. The highest BCUT2D eigenvalue weighted by molar-refractivity contribution is 9.10. The first-order valence-corrected chi connectivity index (χ1v) is 7.87. The van der Waals surface area contributed by atoms with Crippen LogP contribution in [0.5, 0.6) is 0 Å². The van der Waals surface area contributed by atoms with Crippen LogP contribution < -0.4 is 5.32 Å². The molecule has 20 heavy (non-hydrogen) atoms. The number of hydrogen-bond donors (Lipinski definition) is 1. The lowest BCUT2D eigenvalue weighted by Gasteiger charge is -2.07. The van der Waals surface area contributed by atoms with E-state index in [1.807, 2.05) is 18.2 Å². The van der Waals surface area contributed by atoms with Crippen LogP contribution in [0.15, 0.2) is 34.8 Å². The molecular weight excluding hydrogens is 386 g/mol. The van der Waals surface area contributed by atoms with Crippen LogP contribution >= 0.6 is 50.5 Å². The van der Waals surface area contributed by atoms with Crippen molar-refractivity contribution < 1.29 is 4.39 Å². The first-order valence-electron chi connectivity index (χ1n) is 5.50. The van der Waals surface area contributed by atoms with E-state index in [1.54, 1.807) is 0 Å². The highest BCUT2D eigenvalue weighted by atomic mass is 79.9. The van der Waals surface area contributed by atoms with Crippen molar-refractivity contribution in [2.75, 3.05) is 5.32 Å². The number of nitrogens with zero attached hydrogens (tertiary/aromatic N) is 1. The van der Waals surface area contributed by atoms with Gasteiger partial charge in [0, 0.05) is 4.47 Å². The summed E-state index contributed by atoms with van der Waals surface area (Å²) in [7, 11) is 0. The van der Waals surface area contributed by atoms with Crippen molar-refractivity contribution in [2.24, 2.45) is 0 Å². The third-order valence-electron chi connectivity index (χ3n) is 2.59. The fourth-order valence-electron chi connectivity index (χ4n) is 1.72. The van der Waals surface area contributed by atoms with Crippen LogP contribution in [0.3, 0.4) is 0 Å². The van der Waals surface area contributed by atoms with E-state index in [0.717, 1.165) is 14.7 Å². The minimum atomic E-state index is -0.473. The number of rotatable bonds is 2. The van der Waals surface area contributed by atoms with Gasteiger partial charge in [0.2, 0.25) is 0 Å². The van der Waals surface area contributed by atoms with E-state index in [2.05, 4.69) is 26.2 Å². The van der Waals surface area contributed by atoms with Crippen LogP contribution in [0.4, 0.5) is 15.2 Å². The Labute approximate surface area is 136 Å². The molecule has 0 bridgehead atoms. The second-order valence-corrected chi connectivity index (χ2v) is 6.76. The molecule has 1 aromatic heterocycles. The highest BCUT2D eigenvalue weighted by Gasteiger charge is 2.11. The smallest absolute Gasteiger partial charge is 0.188 e. The molecule has 0 unspecified atom stereocenters. The molecule has 0 aliphatic heterocycles. The number of thiazole rings is 1. The molecule has 0 aliphatic rings. The van der Waals surface area contributed by atoms with E-state index in [9.17, 15) is 4.39 Å². The topological polar surface area (TPSA) is 24.9 Å². The number of benzene rings is 2. The molecule has 102 valence electrons. The minimum absolute atomic E-state index is 0.218. The molecule has 2 nitrogen and oxygen atoms in total. The van der Waals surface area contributed by atoms with Crippen molar-refractivity contribution in [1.82, 2.24) is 4.98 Å². The number of anilines is 2. The van der Waals surface area contributed by atoms with Crippen molar-refractivity contribution in [3.63, 3.8) is 0 Å². The average molecular weight is 392 g/mol. The van der Waals surface area contributed by atoms with Crippen molar-refractivity contribution in [2.45, 2.75) is 0 Å². The first kappa shape index (κ1) is 14.1. The van der Waals surface area contributed by atoms with Gasteiger partial charge in [-0.2, -0.15) is 0 Å². The summed E-state index contributed by atoms with van der Waals surface area (Å²) in [6.45, 7) is 0. The van der Waals surface area contributed by atoms with Gasteiger partial charge in [0.1, 0.15) is 5.82 Å². The Morgan fingerprint density at radius 3 is 2.55 bits per heavy atom. The predicted octanol–water partition coefficient (Wildman–Crippen LogP) is 6.25. The van der Waals surface area contributed by atoms with Gasteiger partial charge in [0.15, 0.2) is 5.13 Å². The molecule has 3 aromatic rings. The van der Waals surface area contributed by atoms with Gasteiger partial charge in [-0.05, 0) is 30.3 Å². The molecule has 2 aromatic carbocycles. The summed E-state index contributed by atoms with van der Waals surface area (Å²) in [5.41, 5.74) is 1.31. The molecule has 0 saturated heterocycles. The Bertz CT molecular complexity index is 783. The molecule has 7 heteroatoms. The van der Waals surface area contributed by atoms with Gasteiger partial charge in [0.05, 0.1) is 25.9 Å². The van der Waals surface area contributed by atoms with Crippen molar-refractivity contribution >= 4 is 71.5 Å². The fourth-order valence-corrected chi connectivity index (χ4v) is 3.48. The number of halogens is 4. The average Bonchev–Trinajstić information content (AvgIpc) is 2.75. The minimum Gasteiger partial charge on any atom is -0.329 e. The summed E-state index contributed by atoms with van der Waals surface area (Å²) < 4.78 is 15.1. The monoisotopic (exact) mass is 390 g/mol. The molecular formula is C13H6BrCl2FN2S. The summed E-state index contributed by atoms with van der Waals surface area (Å²) in [5, 5.41) is 4.12. The summed E-state index contributed by atoms with van der Waals surface area (Å²) in [4.78, 5) is 4.44. The van der Waals surface area contributed by atoms with E-state index in [-0.39, 0.29) is 10.0 Å². The lowest BCUT2D eigenvalue weighted by Crippen LogP contribution is -1.92. The lowest BCUT2D eigenvalue weighted by atomic mass is 10.3. The van der Waals surface area contributed by atoms with Gasteiger partial charge in [-0.3, -0.25) is 0 Å². The Morgan fingerprint density at radius 2 is 1.85 bits per heavy atom. The maximum Gasteiger partial charge on any atom is 0.188 e. The lowest BCUT2D eigenvalue weighted by molar-refractivity contribution is 0.628. The van der Waals surface area contributed by atoms with Gasteiger partial charge in [-0.1, -0.05) is 50.5 Å². The molecule has 0 spiro atoms. The molecule has 0 saturated carbocycles. The molecule has 3 rings (SSSR count). The first-order chi connectivity index (χ1) is 9.52. The molecule has 0 aliphatic carbocycles. The molecule has 1 heterocycles. The van der Waals surface area contributed by atoms with E-state index >= 15 is 0 Å². The largest absolute Gasteiger partial charge is 0.329 e. The quantitative estimate of drug-likeness (QED) is 0.558. The SMILES string of the molecule is Fc1cc(Cl)c(Nc2nc3cc(Br)ccc3s2)c(Cl)c1. The zero-order chi connectivity index (χ0) is 14.3. The standard InChI is InChI=1S/C13H6BrCl2FN2S/c14-6-1-2-11-10(3-6)18-13(20-11)19-12-8(15)4-7(17)5-9(12)16/h1-5H,(H,18,19). The highest BCUT2D eigenvalue weighted by Crippen LogP contribution is 2.36. The van der Waals surface area contributed by atoms with Crippen molar-refractivity contribution in [1.29, 1.82) is 0 Å². The summed E-state index contributed by atoms with van der Waals surface area (Å²) in [5.74, 6) is -0.473. The number of aromatic nitrogens is 1. The number of fused-ring (bicyclic) bond motifs is 1. The molecule has 1 N–H and O–H groups in total. The Morgan fingerprint density at radius 1 is 1.15 bits per heavy atom. The summed E-state index contributed by atoms with van der Waals surface area (Å²) in [6.07, 6.45) is 0. The predicted molar refractivity (Wildman–Crippen MR) is 87.0 cm³/mol. The summed E-state index contributed by atoms with van der Waals surface area (Å²) in [6, 6.07) is 8.25. The normalized spacial score (nSPS) is 11.0. The van der Waals surface area contributed by atoms with E-state index in [0.29, 0.717) is 10.8 Å². The van der Waals surface area contributed by atoms with Crippen LogP contribution in [-0.4, -0.2) is 4.98 Å². The third kappa shape index (κ3) is 2.76. The maximum absolute atomic E-state index is 13.1. The van der Waals surface area contributed by atoms with Crippen LogP contribution in [0.2, 0.25) is 10.0 Å². The van der Waals surface area contributed by atoms with Crippen LogP contribution in [0.1, 0.15) is 0 Å². The zero-order valence-corrected chi connectivity index (χ0v) is 13.7. The van der Waals surface area contributed by atoms with Gasteiger partial charge in [-0.25, -0.2) is 9.37 Å². The Balaban J connectivity index is 2.01. The van der Waals surface area contributed by atoms with Crippen molar-refractivity contribution in [3.8, 4) is 0 Å². The van der Waals surface area contributed by atoms with Gasteiger partial charge in [-0.15, -0.1) is 0 Å². The van der Waals surface area contributed by atoms with E-state index < -0.39 is 5.82 Å². The van der Waals surface area contributed by atoms with Crippen LogP contribution in [0.25, 0.3) is 10.2 Å². The second kappa shape index (κ2) is 5.48.